The second-order valence-corrected chi connectivity index (χ2v) is 40.3. The maximum absolute atomic E-state index is 4.39. The van der Waals surface area contributed by atoms with Crippen LogP contribution in [-0.2, 0) is 0 Å². The predicted octanol–water partition coefficient (Wildman–Crippen LogP) is 30.2. The van der Waals surface area contributed by atoms with Gasteiger partial charge in [0.15, 0.2) is 0 Å². The van der Waals surface area contributed by atoms with Gasteiger partial charge in [0.25, 0.3) is 0 Å². The molecule has 5 atom stereocenters. The van der Waals surface area contributed by atoms with Crippen molar-refractivity contribution >= 4 is 59.2 Å². The average molecular weight is 1450 g/mol. The van der Waals surface area contributed by atoms with Crippen LogP contribution >= 0.6 is 0 Å². The molecule has 0 bridgehead atoms. The van der Waals surface area contributed by atoms with Crippen molar-refractivity contribution in [2.45, 2.75) is 141 Å². The van der Waals surface area contributed by atoms with Crippen LogP contribution in [-0.4, -0.2) is 16.1 Å². The highest BCUT2D eigenvalue weighted by Crippen LogP contribution is 2.58. The summed E-state index contributed by atoms with van der Waals surface area (Å²) in [4.78, 5) is 0. The first-order valence-corrected chi connectivity index (χ1v) is 46.6. The van der Waals surface area contributed by atoms with Gasteiger partial charge in [-0.2, -0.15) is 0 Å². The molecule has 2 heteroatoms. The lowest BCUT2D eigenvalue weighted by atomic mass is 9.83. The minimum absolute atomic E-state index is 0.457. The van der Waals surface area contributed by atoms with Crippen molar-refractivity contribution in [3.63, 3.8) is 0 Å². The third-order valence-electron chi connectivity index (χ3n) is 24.1. The minimum Gasteiger partial charge on any atom is -0.103 e. The number of hydrogen-bond acceptors (Lipinski definition) is 0. The monoisotopic (exact) mass is 1450 g/mol. The van der Waals surface area contributed by atoms with E-state index in [0.29, 0.717) is 29.6 Å². The Hall–Kier alpha value is -10.5. The van der Waals surface area contributed by atoms with Gasteiger partial charge in [0, 0.05) is 0 Å². The van der Waals surface area contributed by atoms with Gasteiger partial charge in [-0.1, -0.05) is 398 Å². The summed E-state index contributed by atoms with van der Waals surface area (Å²) in [5, 5.41) is 6.03. The third-order valence-corrected chi connectivity index (χ3v) is 31.3. The Morgan fingerprint density at radius 3 is 0.881 bits per heavy atom. The summed E-state index contributed by atoms with van der Waals surface area (Å²) >= 11 is 0. The molecule has 2 heterocycles. The van der Waals surface area contributed by atoms with Crippen LogP contribution in [0.1, 0.15) is 181 Å². The van der Waals surface area contributed by atoms with E-state index in [4.69, 9.17) is 0 Å². The molecule has 109 heavy (non-hydrogen) atoms. The SMILES string of the molecule is C=CC(CCC/C=C/CCC(CCC(CC)c1ccc(-c2ccc(C3=C(c4ccccc4)C(c4ccccc4)=C(c4ccccc4)[Si]3(C)C)cc2)cc1)c1ccccc1)CCC(CCC(C)c1ccc(-c2ccc(C3=C(c4ccccc4)C(c4ccccc4)=C(c4ccccc4)[Si]3(C)C)cc2)cc1)c1ccccc1. The Labute approximate surface area is 654 Å². The Morgan fingerprint density at radius 2 is 0.523 bits per heavy atom. The molecule has 0 saturated heterocycles. The highest BCUT2D eigenvalue weighted by Gasteiger charge is 2.45. The molecule has 0 nitrogen and oxygen atoms in total. The molecule has 14 rings (SSSR count). The van der Waals surface area contributed by atoms with Gasteiger partial charge in [-0.25, -0.2) is 0 Å². The van der Waals surface area contributed by atoms with Crippen LogP contribution in [0, 0.1) is 5.92 Å². The molecule has 12 aromatic carbocycles. The van der Waals surface area contributed by atoms with Gasteiger partial charge in [0.05, 0.1) is 0 Å². The average Bonchev–Trinajstić information content (AvgIpc) is 1.56. The number of unbranched alkanes of at least 4 members (excludes halogenated alkanes) is 1. The second kappa shape index (κ2) is 35.7. The van der Waals surface area contributed by atoms with Crippen molar-refractivity contribution in [3.8, 4) is 22.3 Å². The summed E-state index contributed by atoms with van der Waals surface area (Å²) in [7, 11) is -4.49. The molecule has 0 amide bonds. The molecule has 0 N–H and O–H groups in total. The normalized spacial score (nSPS) is 15.5. The Morgan fingerprint density at radius 1 is 0.257 bits per heavy atom. The van der Waals surface area contributed by atoms with Crippen LogP contribution in [0.2, 0.25) is 26.2 Å². The number of hydrogen-bond donors (Lipinski definition) is 0. The fourth-order valence-electron chi connectivity index (χ4n) is 18.3. The Bertz CT molecular complexity index is 5090. The van der Waals surface area contributed by atoms with E-state index in [1.807, 2.05) is 0 Å². The summed E-state index contributed by atoms with van der Waals surface area (Å²) in [5.41, 5.74) is 26.8. The zero-order valence-corrected chi connectivity index (χ0v) is 67.1. The summed E-state index contributed by atoms with van der Waals surface area (Å²) in [6.45, 7) is 19.4. The van der Waals surface area contributed by atoms with E-state index in [1.54, 1.807) is 0 Å². The lowest BCUT2D eigenvalue weighted by molar-refractivity contribution is 0.444. The van der Waals surface area contributed by atoms with Crippen molar-refractivity contribution < 1.29 is 0 Å². The van der Waals surface area contributed by atoms with Crippen LogP contribution in [0.25, 0.3) is 65.3 Å². The molecular weight excluding hydrogens is 1340 g/mol. The molecule has 5 unspecified atom stereocenters. The van der Waals surface area contributed by atoms with E-state index in [9.17, 15) is 0 Å². The topological polar surface area (TPSA) is 0 Å². The first-order valence-electron chi connectivity index (χ1n) is 40.6. The van der Waals surface area contributed by atoms with Crippen molar-refractivity contribution in [3.05, 3.63) is 431 Å². The maximum atomic E-state index is 4.39. The van der Waals surface area contributed by atoms with Crippen LogP contribution in [0.15, 0.2) is 365 Å². The van der Waals surface area contributed by atoms with Gasteiger partial charge in [-0.3, -0.25) is 0 Å². The van der Waals surface area contributed by atoms with E-state index in [2.05, 4.69) is 405 Å². The zero-order chi connectivity index (χ0) is 74.9. The molecule has 0 saturated carbocycles. The quantitative estimate of drug-likeness (QED) is 0.0224. The predicted molar refractivity (Wildman–Crippen MR) is 478 cm³/mol. The molecule has 0 radical (unpaired) electrons. The summed E-state index contributed by atoms with van der Waals surface area (Å²) < 4.78 is 0. The zero-order valence-electron chi connectivity index (χ0n) is 65.1. The van der Waals surface area contributed by atoms with Crippen LogP contribution in [0.4, 0.5) is 0 Å². The second-order valence-electron chi connectivity index (χ2n) is 31.8. The number of rotatable bonds is 32. The van der Waals surface area contributed by atoms with Gasteiger partial charge in [-0.05, 0) is 239 Å². The van der Waals surface area contributed by atoms with Crippen LogP contribution in [0.5, 0.6) is 0 Å². The van der Waals surface area contributed by atoms with E-state index < -0.39 is 16.1 Å². The van der Waals surface area contributed by atoms with Crippen molar-refractivity contribution in [1.29, 1.82) is 0 Å². The van der Waals surface area contributed by atoms with Gasteiger partial charge >= 0.3 is 0 Å². The standard InChI is InChI=1S/C107H108Si2/c1-8-80(58-60-87(84-42-25-14-26-43-84)59-57-79(3)82-62-65-88(66-63-82)90-71-75-98(76-72-90)106-102(94-49-31-17-32-50-94)100(92-45-27-15-28-46-92)104(108(106,4)5)96-53-35-19-36-54-96)39-21-11-10-12-22-44-85(83-40-23-13-24-41-83)64-61-81(9-2)86-67-69-89(70-68-86)91-73-77-99(78-74-91)107-103(95-51-33-18-34-52-95)101(93-47-29-16-30-48-93)105(109(107,6)7)97-55-37-20-38-56-97/h8,10,12-20,23-38,40-43,45-56,62-63,65-81,85,87H,1,9,11,21-22,39,44,57-61,64H2,2-7H3/b12-10+. The van der Waals surface area contributed by atoms with E-state index >= 15 is 0 Å². The number of benzene rings is 12. The Kier molecular flexibility index (Phi) is 24.7. The molecule has 2 aliphatic rings. The molecule has 12 aromatic rings. The molecule has 544 valence electrons. The van der Waals surface area contributed by atoms with Gasteiger partial charge in [-0.15, -0.1) is 6.58 Å². The molecule has 0 spiro atoms. The van der Waals surface area contributed by atoms with Crippen molar-refractivity contribution in [2.75, 3.05) is 0 Å². The maximum Gasteiger partial charge on any atom is 0.115 e. The van der Waals surface area contributed by atoms with Gasteiger partial charge in [0.1, 0.15) is 16.1 Å². The fraction of sp³-hybridized carbons (Fsp3) is 0.215. The number of allylic oxidation sites excluding steroid dienone is 7. The van der Waals surface area contributed by atoms with Crippen LogP contribution in [0.3, 0.4) is 0 Å². The smallest absolute Gasteiger partial charge is 0.103 e. The Balaban J connectivity index is 0.565. The van der Waals surface area contributed by atoms with Gasteiger partial charge < -0.3 is 0 Å². The van der Waals surface area contributed by atoms with E-state index in [-0.39, 0.29) is 0 Å². The summed E-state index contributed by atoms with van der Waals surface area (Å²) in [6.07, 6.45) is 21.1. The fourth-order valence-corrected chi connectivity index (χ4v) is 25.9. The molecule has 0 fully saturated rings. The van der Waals surface area contributed by atoms with Crippen molar-refractivity contribution in [2.24, 2.45) is 5.92 Å². The molecular formula is C107H108Si2. The van der Waals surface area contributed by atoms with E-state index in [0.717, 1.165) is 25.7 Å². The van der Waals surface area contributed by atoms with Gasteiger partial charge in [0.2, 0.25) is 0 Å². The lowest BCUT2D eigenvalue weighted by Gasteiger charge is -2.26. The molecule has 0 aliphatic carbocycles. The highest BCUT2D eigenvalue weighted by atomic mass is 28.3. The molecule has 0 aromatic heterocycles. The van der Waals surface area contributed by atoms with Crippen LogP contribution < -0.4 is 0 Å². The first-order chi connectivity index (χ1) is 53.5. The van der Waals surface area contributed by atoms with E-state index in [1.165, 1.54) is 183 Å². The first kappa shape index (κ1) is 75.3. The summed E-state index contributed by atoms with van der Waals surface area (Å²) in [5.74, 6) is 2.53. The molecule has 2 aliphatic heterocycles. The highest BCUT2D eigenvalue weighted by molar-refractivity contribution is 7.14. The largest absolute Gasteiger partial charge is 0.115 e. The summed E-state index contributed by atoms with van der Waals surface area (Å²) in [6, 6.07) is 128. The third kappa shape index (κ3) is 17.3. The van der Waals surface area contributed by atoms with Crippen molar-refractivity contribution in [1.82, 2.24) is 0 Å². The lowest BCUT2D eigenvalue weighted by Crippen LogP contribution is -2.28. The minimum atomic E-state index is -2.25.